The molecule has 1 heterocycles. The zero-order chi connectivity index (χ0) is 16.2. The molecule has 21 heavy (non-hydrogen) atoms. The molecule has 5 nitrogen and oxygen atoms in total. The molecule has 1 N–H and O–H groups in total. The van der Waals surface area contributed by atoms with E-state index in [4.69, 9.17) is 4.74 Å². The summed E-state index contributed by atoms with van der Waals surface area (Å²) in [5, 5.41) is 3.36. The lowest BCUT2D eigenvalue weighted by molar-refractivity contribution is -0.148. The lowest BCUT2D eigenvalue weighted by Gasteiger charge is -2.32. The van der Waals surface area contributed by atoms with Crippen molar-refractivity contribution in [2.45, 2.75) is 51.7 Å². The Morgan fingerprint density at radius 2 is 2.05 bits per heavy atom. The lowest BCUT2D eigenvalue weighted by Crippen LogP contribution is -2.54. The number of hydrogen-bond donors (Lipinski definition) is 1. The van der Waals surface area contributed by atoms with Crippen molar-refractivity contribution in [2.75, 3.05) is 40.8 Å². The zero-order valence-electron chi connectivity index (χ0n) is 14.8. The van der Waals surface area contributed by atoms with E-state index in [0.717, 1.165) is 26.1 Å². The van der Waals surface area contributed by atoms with Gasteiger partial charge >= 0.3 is 5.97 Å². The number of carbonyl (C=O) groups excluding carboxylic acids is 1. The minimum atomic E-state index is -0.609. The summed E-state index contributed by atoms with van der Waals surface area (Å²) in [4.78, 5) is 16.9. The molecule has 0 spiro atoms. The second-order valence-corrected chi connectivity index (χ2v) is 7.14. The molecule has 0 aromatic carbocycles. The quantitative estimate of drug-likeness (QED) is 0.716. The highest BCUT2D eigenvalue weighted by atomic mass is 16.5. The van der Waals surface area contributed by atoms with E-state index in [9.17, 15) is 4.79 Å². The van der Waals surface area contributed by atoms with Crippen LogP contribution in [0.25, 0.3) is 0 Å². The maximum absolute atomic E-state index is 12.1. The third kappa shape index (κ3) is 4.94. The number of nitrogens with zero attached hydrogens (tertiary/aromatic N) is 2. The van der Waals surface area contributed by atoms with Gasteiger partial charge < -0.3 is 14.5 Å². The Kier molecular flexibility index (Phi) is 6.63. The summed E-state index contributed by atoms with van der Waals surface area (Å²) in [5.41, 5.74) is -0.609. The van der Waals surface area contributed by atoms with Crippen molar-refractivity contribution in [3.63, 3.8) is 0 Å². The van der Waals surface area contributed by atoms with Crippen LogP contribution in [-0.4, -0.2) is 74.2 Å². The molecule has 1 fully saturated rings. The predicted octanol–water partition coefficient (Wildman–Crippen LogP) is 1.19. The van der Waals surface area contributed by atoms with E-state index in [0.29, 0.717) is 12.0 Å². The van der Waals surface area contributed by atoms with Crippen LogP contribution in [0.3, 0.4) is 0 Å². The molecule has 1 saturated heterocycles. The van der Waals surface area contributed by atoms with Gasteiger partial charge in [0, 0.05) is 31.7 Å². The third-order valence-electron chi connectivity index (χ3n) is 4.48. The van der Waals surface area contributed by atoms with Crippen molar-refractivity contribution in [3.05, 3.63) is 0 Å². The summed E-state index contributed by atoms with van der Waals surface area (Å²) in [6, 6.07) is 0.855. The Labute approximate surface area is 130 Å². The van der Waals surface area contributed by atoms with Gasteiger partial charge in [-0.2, -0.15) is 0 Å². The first kappa shape index (κ1) is 18.4. The van der Waals surface area contributed by atoms with E-state index >= 15 is 0 Å². The van der Waals surface area contributed by atoms with Gasteiger partial charge in [0.25, 0.3) is 0 Å². The van der Waals surface area contributed by atoms with Gasteiger partial charge in [0.2, 0.25) is 0 Å². The summed E-state index contributed by atoms with van der Waals surface area (Å²) in [6.45, 7) is 11.5. The molecule has 0 bridgehead atoms. The first-order valence-electron chi connectivity index (χ1n) is 7.94. The minimum Gasteiger partial charge on any atom is -0.468 e. The van der Waals surface area contributed by atoms with Gasteiger partial charge in [-0.1, -0.05) is 6.92 Å². The lowest BCUT2D eigenvalue weighted by atomic mass is 9.96. The van der Waals surface area contributed by atoms with E-state index in [2.05, 4.69) is 50.0 Å². The molecule has 1 aliphatic heterocycles. The molecule has 0 saturated carbocycles. The van der Waals surface area contributed by atoms with E-state index in [1.165, 1.54) is 7.11 Å². The molecule has 0 aliphatic carbocycles. The monoisotopic (exact) mass is 299 g/mol. The highest BCUT2D eigenvalue weighted by Gasteiger charge is 2.37. The number of nitrogens with one attached hydrogen (secondary N) is 1. The summed E-state index contributed by atoms with van der Waals surface area (Å²) < 4.78 is 4.98. The molecular weight excluding hydrogens is 266 g/mol. The first-order valence-corrected chi connectivity index (χ1v) is 7.94. The minimum absolute atomic E-state index is 0.174. The van der Waals surface area contributed by atoms with Crippen LogP contribution in [0.1, 0.15) is 34.1 Å². The summed E-state index contributed by atoms with van der Waals surface area (Å²) >= 11 is 0. The third-order valence-corrected chi connectivity index (χ3v) is 4.48. The van der Waals surface area contributed by atoms with Gasteiger partial charge in [0.05, 0.1) is 7.11 Å². The topological polar surface area (TPSA) is 44.8 Å². The molecule has 1 aliphatic rings. The SMILES string of the molecule is COC(=O)C(C)(CCN1CC(C)C(N(C)C)C1)NC(C)C. The van der Waals surface area contributed by atoms with E-state index in [-0.39, 0.29) is 12.0 Å². The van der Waals surface area contributed by atoms with Crippen LogP contribution in [0.2, 0.25) is 0 Å². The zero-order valence-corrected chi connectivity index (χ0v) is 14.8. The number of carbonyl (C=O) groups is 1. The molecule has 0 aromatic rings. The number of hydrogen-bond acceptors (Lipinski definition) is 5. The number of methoxy groups -OCH3 is 1. The van der Waals surface area contributed by atoms with Crippen molar-refractivity contribution in [3.8, 4) is 0 Å². The molecular formula is C16H33N3O2. The highest BCUT2D eigenvalue weighted by Crippen LogP contribution is 2.22. The van der Waals surface area contributed by atoms with Gasteiger partial charge in [0.15, 0.2) is 0 Å². The van der Waals surface area contributed by atoms with E-state index < -0.39 is 5.54 Å². The van der Waals surface area contributed by atoms with Crippen LogP contribution >= 0.6 is 0 Å². The molecule has 5 heteroatoms. The Bertz CT molecular complexity index is 346. The molecule has 0 radical (unpaired) electrons. The Morgan fingerprint density at radius 1 is 1.43 bits per heavy atom. The second-order valence-electron chi connectivity index (χ2n) is 7.14. The fourth-order valence-corrected chi connectivity index (χ4v) is 3.38. The van der Waals surface area contributed by atoms with Gasteiger partial charge in [-0.25, -0.2) is 0 Å². The Balaban J connectivity index is 2.60. The maximum atomic E-state index is 12.1. The number of esters is 1. The maximum Gasteiger partial charge on any atom is 0.325 e. The first-order chi connectivity index (χ1) is 9.69. The van der Waals surface area contributed by atoms with Crippen LogP contribution in [0, 0.1) is 5.92 Å². The van der Waals surface area contributed by atoms with Gasteiger partial charge in [-0.05, 0) is 47.2 Å². The summed E-state index contributed by atoms with van der Waals surface area (Å²) in [7, 11) is 5.75. The fourth-order valence-electron chi connectivity index (χ4n) is 3.38. The van der Waals surface area contributed by atoms with E-state index in [1.54, 1.807) is 0 Å². The Morgan fingerprint density at radius 3 is 2.48 bits per heavy atom. The normalized spacial score (nSPS) is 26.3. The largest absolute Gasteiger partial charge is 0.468 e. The van der Waals surface area contributed by atoms with Crippen LogP contribution in [0.5, 0.6) is 0 Å². The molecule has 0 aromatic heterocycles. The smallest absolute Gasteiger partial charge is 0.325 e. The standard InChI is InChI=1S/C16H33N3O2/c1-12(2)17-16(4,15(20)21-7)8-9-19-10-13(3)14(11-19)18(5)6/h12-14,17H,8-11H2,1-7H3. The number of rotatable bonds is 7. The predicted molar refractivity (Wildman–Crippen MR) is 86.4 cm³/mol. The highest BCUT2D eigenvalue weighted by molar-refractivity contribution is 5.80. The van der Waals surface area contributed by atoms with E-state index in [1.807, 2.05) is 6.92 Å². The molecule has 124 valence electrons. The average molecular weight is 299 g/mol. The van der Waals surface area contributed by atoms with Crippen molar-refractivity contribution in [2.24, 2.45) is 5.92 Å². The number of likely N-dealkylation sites (N-methyl/N-ethyl adjacent to an activating group) is 1. The number of ether oxygens (including phenoxy) is 1. The summed E-state index contributed by atoms with van der Waals surface area (Å²) in [6.07, 6.45) is 0.769. The Hall–Kier alpha value is -0.650. The average Bonchev–Trinajstić information content (AvgIpc) is 2.76. The van der Waals surface area contributed by atoms with Crippen LogP contribution < -0.4 is 5.32 Å². The van der Waals surface area contributed by atoms with Gasteiger partial charge in [0.1, 0.15) is 5.54 Å². The summed E-state index contributed by atoms with van der Waals surface area (Å²) in [5.74, 6) is 0.495. The molecule has 3 atom stereocenters. The second kappa shape index (κ2) is 7.56. The molecule has 0 amide bonds. The molecule has 3 unspecified atom stereocenters. The van der Waals surface area contributed by atoms with Crippen LogP contribution in [0.15, 0.2) is 0 Å². The van der Waals surface area contributed by atoms with Crippen molar-refractivity contribution < 1.29 is 9.53 Å². The van der Waals surface area contributed by atoms with Crippen LogP contribution in [-0.2, 0) is 9.53 Å². The number of likely N-dealkylation sites (tertiary alicyclic amines) is 1. The van der Waals surface area contributed by atoms with Crippen LogP contribution in [0.4, 0.5) is 0 Å². The molecule has 1 rings (SSSR count). The van der Waals surface area contributed by atoms with Crippen molar-refractivity contribution >= 4 is 5.97 Å². The van der Waals surface area contributed by atoms with Gasteiger partial charge in [-0.15, -0.1) is 0 Å². The van der Waals surface area contributed by atoms with Gasteiger partial charge in [-0.3, -0.25) is 10.1 Å². The fraction of sp³-hybridized carbons (Fsp3) is 0.938. The van der Waals surface area contributed by atoms with Crippen molar-refractivity contribution in [1.29, 1.82) is 0 Å². The van der Waals surface area contributed by atoms with Crippen molar-refractivity contribution in [1.82, 2.24) is 15.1 Å².